The van der Waals surface area contributed by atoms with Crippen LogP contribution in [0.1, 0.15) is 213 Å². The van der Waals surface area contributed by atoms with Gasteiger partial charge in [-0.2, -0.15) is 0 Å². The summed E-state index contributed by atoms with van der Waals surface area (Å²) in [6.45, 7) is 3.55. The maximum atomic E-state index is 12.6. The van der Waals surface area contributed by atoms with Gasteiger partial charge in [0.1, 0.15) is 6.61 Å². The van der Waals surface area contributed by atoms with Crippen LogP contribution in [0.15, 0.2) is 72.9 Å². The van der Waals surface area contributed by atoms with Crippen LogP contribution in [0.5, 0.6) is 0 Å². The number of allylic oxidation sites excluding steroid dienone is 12. The Morgan fingerprint density at radius 1 is 0.500 bits per heavy atom. The van der Waals surface area contributed by atoms with Crippen molar-refractivity contribution in [2.45, 2.75) is 219 Å². The molecule has 0 aromatic heterocycles. The van der Waals surface area contributed by atoms with Gasteiger partial charge >= 0.3 is 19.8 Å². The third kappa shape index (κ3) is 46.9. The van der Waals surface area contributed by atoms with Crippen molar-refractivity contribution in [1.29, 1.82) is 0 Å². The summed E-state index contributed by atoms with van der Waals surface area (Å²) in [7, 11) is -4.40. The fraction of sp³-hybridized carbons (Fsp3) is 0.731. The zero-order valence-electron chi connectivity index (χ0n) is 39.6. The number of esters is 2. The monoisotopic (exact) mass is 890 g/mol. The maximum Gasteiger partial charge on any atom is 0.472 e. The normalized spacial score (nSPS) is 13.8. The minimum absolute atomic E-state index is 0.0419. The van der Waals surface area contributed by atoms with Crippen molar-refractivity contribution in [3.05, 3.63) is 72.9 Å². The average Bonchev–Trinajstić information content (AvgIpc) is 3.26. The summed E-state index contributed by atoms with van der Waals surface area (Å²) >= 11 is 0. The van der Waals surface area contributed by atoms with Gasteiger partial charge in [0.15, 0.2) is 6.10 Å². The van der Waals surface area contributed by atoms with E-state index in [0.29, 0.717) is 12.8 Å². The minimum Gasteiger partial charge on any atom is -0.462 e. The van der Waals surface area contributed by atoms with Gasteiger partial charge in [-0.3, -0.25) is 18.6 Å². The zero-order valence-corrected chi connectivity index (χ0v) is 40.5. The molecular formula is C52H92NO8P. The maximum absolute atomic E-state index is 12.6. The predicted octanol–water partition coefficient (Wildman–Crippen LogP) is 15.0. The van der Waals surface area contributed by atoms with E-state index < -0.39 is 32.5 Å². The molecule has 62 heavy (non-hydrogen) atoms. The molecule has 358 valence electrons. The third-order valence-corrected chi connectivity index (χ3v) is 11.4. The first-order valence-corrected chi connectivity index (χ1v) is 26.4. The van der Waals surface area contributed by atoms with Crippen molar-refractivity contribution in [2.24, 2.45) is 5.73 Å². The highest BCUT2D eigenvalue weighted by Crippen LogP contribution is 2.43. The molecule has 0 amide bonds. The van der Waals surface area contributed by atoms with Gasteiger partial charge in [-0.25, -0.2) is 4.57 Å². The lowest BCUT2D eigenvalue weighted by Gasteiger charge is -2.19. The summed E-state index contributed by atoms with van der Waals surface area (Å²) in [5.41, 5.74) is 5.36. The van der Waals surface area contributed by atoms with E-state index in [9.17, 15) is 19.0 Å². The van der Waals surface area contributed by atoms with Crippen LogP contribution >= 0.6 is 7.82 Å². The number of carbonyl (C=O) groups is 2. The average molecular weight is 890 g/mol. The molecule has 0 aromatic carbocycles. The van der Waals surface area contributed by atoms with Crippen molar-refractivity contribution >= 4 is 19.8 Å². The van der Waals surface area contributed by atoms with Gasteiger partial charge in [0.2, 0.25) is 0 Å². The van der Waals surface area contributed by atoms with Crippen molar-refractivity contribution in [2.75, 3.05) is 26.4 Å². The summed E-state index contributed by atoms with van der Waals surface area (Å²) in [6.07, 6.45) is 59.6. The second kappa shape index (κ2) is 47.9. The van der Waals surface area contributed by atoms with Crippen molar-refractivity contribution in [1.82, 2.24) is 0 Å². The molecule has 9 nitrogen and oxygen atoms in total. The molecule has 0 aliphatic heterocycles. The van der Waals surface area contributed by atoms with E-state index >= 15 is 0 Å². The van der Waals surface area contributed by atoms with Gasteiger partial charge in [0, 0.05) is 19.4 Å². The molecule has 0 heterocycles. The summed E-state index contributed by atoms with van der Waals surface area (Å²) in [5, 5.41) is 0. The standard InChI is InChI=1S/C52H92NO8P/c1-3-5-7-9-11-13-15-17-19-21-23-24-25-27-29-31-33-35-37-39-41-43-45-52(55)61-50(49-60-62(56,57)59-47-46-53)48-58-51(54)44-42-40-38-36-34-32-30-28-26-22-20-18-16-14-12-10-8-6-4-2/h6,8,12,14,18,20,26,28,32,34,38,40,50H,3-5,7,9-11,13,15-17,19,21-25,27,29-31,33,35-37,39,41-49,53H2,1-2H3,(H,56,57)/b8-6+,14-12+,20-18+,28-26+,34-32+,40-38+/t50-/m1/s1. The van der Waals surface area contributed by atoms with Gasteiger partial charge < -0.3 is 20.1 Å². The molecule has 0 spiro atoms. The molecule has 0 aromatic rings. The molecule has 2 atom stereocenters. The minimum atomic E-state index is -4.40. The second-order valence-corrected chi connectivity index (χ2v) is 17.8. The number of hydrogen-bond acceptors (Lipinski definition) is 8. The Morgan fingerprint density at radius 3 is 1.29 bits per heavy atom. The van der Waals surface area contributed by atoms with Gasteiger partial charge in [-0.05, 0) is 51.4 Å². The van der Waals surface area contributed by atoms with Crippen molar-refractivity contribution in [3.63, 3.8) is 0 Å². The van der Waals surface area contributed by atoms with Crippen LogP contribution in [0.25, 0.3) is 0 Å². The number of nitrogens with two attached hydrogens (primary N) is 1. The van der Waals surface area contributed by atoms with E-state index in [0.717, 1.165) is 57.8 Å². The molecule has 0 radical (unpaired) electrons. The summed E-state index contributed by atoms with van der Waals surface area (Å²) in [5.74, 6) is -0.923. The van der Waals surface area contributed by atoms with Crippen LogP contribution in [0, 0.1) is 0 Å². The predicted molar refractivity (Wildman–Crippen MR) is 261 cm³/mol. The van der Waals surface area contributed by atoms with Crippen molar-refractivity contribution < 1.29 is 37.6 Å². The Balaban J connectivity index is 4.15. The number of phosphoric acid groups is 1. The fourth-order valence-corrected chi connectivity index (χ4v) is 7.49. The second-order valence-electron chi connectivity index (χ2n) is 16.3. The van der Waals surface area contributed by atoms with Gasteiger partial charge in [-0.1, -0.05) is 222 Å². The van der Waals surface area contributed by atoms with E-state index in [4.69, 9.17) is 24.3 Å². The number of unbranched alkanes of at least 4 members (excludes halogenated alkanes) is 21. The van der Waals surface area contributed by atoms with Crippen LogP contribution < -0.4 is 5.73 Å². The first kappa shape index (κ1) is 59.5. The highest BCUT2D eigenvalue weighted by Gasteiger charge is 2.26. The molecule has 1 unspecified atom stereocenters. The quantitative estimate of drug-likeness (QED) is 0.0265. The fourth-order valence-electron chi connectivity index (χ4n) is 6.72. The number of phosphoric ester groups is 1. The molecule has 10 heteroatoms. The Morgan fingerprint density at radius 2 is 0.887 bits per heavy atom. The van der Waals surface area contributed by atoms with Crippen LogP contribution in [0.3, 0.4) is 0 Å². The van der Waals surface area contributed by atoms with E-state index in [1.807, 2.05) is 12.2 Å². The number of rotatable bonds is 46. The van der Waals surface area contributed by atoms with E-state index in [1.54, 1.807) is 0 Å². The molecular weight excluding hydrogens is 798 g/mol. The van der Waals surface area contributed by atoms with Crippen LogP contribution in [0.2, 0.25) is 0 Å². The number of ether oxygens (including phenoxy) is 2. The van der Waals surface area contributed by atoms with Gasteiger partial charge in [0.25, 0.3) is 0 Å². The molecule has 0 saturated carbocycles. The Kier molecular flexibility index (Phi) is 45.9. The third-order valence-electron chi connectivity index (χ3n) is 10.4. The van der Waals surface area contributed by atoms with E-state index in [1.165, 1.54) is 116 Å². The molecule has 0 bridgehead atoms. The zero-order chi connectivity index (χ0) is 45.3. The molecule has 0 saturated heterocycles. The largest absolute Gasteiger partial charge is 0.472 e. The highest BCUT2D eigenvalue weighted by molar-refractivity contribution is 7.47. The number of hydrogen-bond donors (Lipinski definition) is 2. The van der Waals surface area contributed by atoms with Gasteiger partial charge in [0.05, 0.1) is 13.2 Å². The Hall–Kier alpha value is -2.55. The Bertz CT molecular complexity index is 1240. The summed E-state index contributed by atoms with van der Waals surface area (Å²) in [6, 6.07) is 0. The van der Waals surface area contributed by atoms with Crippen LogP contribution in [0.4, 0.5) is 0 Å². The topological polar surface area (TPSA) is 134 Å². The SMILES string of the molecule is CC/C=C/C/C=C/C/C=C/C/C=C/C/C=C/C/C=C/CCC(=O)OC[C@H](COP(=O)(O)OCCN)OC(=O)CCCCCCCCCCCCCCCCCCCCCCCC. The lowest BCUT2D eigenvalue weighted by atomic mass is 10.0. The lowest BCUT2D eigenvalue weighted by Crippen LogP contribution is -2.29. The summed E-state index contributed by atoms with van der Waals surface area (Å²) < 4.78 is 32.8. The van der Waals surface area contributed by atoms with Crippen LogP contribution in [-0.2, 0) is 32.7 Å². The molecule has 0 aliphatic rings. The molecule has 0 rings (SSSR count). The summed E-state index contributed by atoms with van der Waals surface area (Å²) in [4.78, 5) is 35.0. The first-order valence-electron chi connectivity index (χ1n) is 24.9. The Labute approximate surface area is 380 Å². The van der Waals surface area contributed by atoms with Crippen molar-refractivity contribution in [3.8, 4) is 0 Å². The molecule has 3 N–H and O–H groups in total. The van der Waals surface area contributed by atoms with Crippen LogP contribution in [-0.4, -0.2) is 49.3 Å². The molecule has 0 aliphatic carbocycles. The van der Waals surface area contributed by atoms with E-state index in [-0.39, 0.29) is 32.6 Å². The lowest BCUT2D eigenvalue weighted by molar-refractivity contribution is -0.161. The van der Waals surface area contributed by atoms with Gasteiger partial charge in [-0.15, -0.1) is 0 Å². The highest BCUT2D eigenvalue weighted by atomic mass is 31.2. The van der Waals surface area contributed by atoms with E-state index in [2.05, 4.69) is 74.6 Å². The number of carbonyl (C=O) groups excluding carboxylic acids is 2. The first-order chi connectivity index (χ1) is 30.3. The smallest absolute Gasteiger partial charge is 0.462 e. The molecule has 0 fully saturated rings.